The minimum absolute atomic E-state index is 0.0367. The number of hydrogen-bond donors (Lipinski definition) is 1. The number of rotatable bonds is 4. The lowest BCUT2D eigenvalue weighted by Gasteiger charge is -2.09. The Labute approximate surface area is 137 Å². The summed E-state index contributed by atoms with van der Waals surface area (Å²) in [5.41, 5.74) is 0.464. The molecule has 0 atom stereocenters. The maximum atomic E-state index is 12.3. The molecule has 0 fully saturated rings. The first-order valence-corrected chi connectivity index (χ1v) is 8.23. The van der Waals surface area contributed by atoms with Crippen LogP contribution in [0.15, 0.2) is 47.4 Å². The Balaban J connectivity index is 2.32. The molecule has 0 heterocycles. The van der Waals surface area contributed by atoms with E-state index in [4.69, 9.17) is 23.2 Å². The van der Waals surface area contributed by atoms with Crippen LogP contribution in [0.25, 0.3) is 0 Å². The minimum atomic E-state index is -3.85. The molecule has 2 aromatic rings. The van der Waals surface area contributed by atoms with Gasteiger partial charge >= 0.3 is 5.97 Å². The molecule has 0 aromatic heterocycles. The first-order chi connectivity index (χ1) is 10.3. The Morgan fingerprint density at radius 2 is 1.82 bits per heavy atom. The number of nitrogens with one attached hydrogen (secondary N) is 1. The second-order valence-electron chi connectivity index (χ2n) is 4.25. The lowest BCUT2D eigenvalue weighted by atomic mass is 10.2. The third kappa shape index (κ3) is 3.71. The van der Waals surface area contributed by atoms with E-state index in [1.54, 1.807) is 6.07 Å². The van der Waals surface area contributed by atoms with Crippen molar-refractivity contribution in [1.82, 2.24) is 0 Å². The van der Waals surface area contributed by atoms with Gasteiger partial charge in [-0.3, -0.25) is 4.72 Å². The quantitative estimate of drug-likeness (QED) is 0.846. The number of carbonyl (C=O) groups excluding carboxylic acids is 1. The van der Waals surface area contributed by atoms with Gasteiger partial charge in [-0.1, -0.05) is 29.3 Å². The summed E-state index contributed by atoms with van der Waals surface area (Å²) >= 11 is 11.6. The molecule has 0 amide bonds. The van der Waals surface area contributed by atoms with Gasteiger partial charge in [0.1, 0.15) is 0 Å². The smallest absolute Gasteiger partial charge is 0.337 e. The van der Waals surface area contributed by atoms with E-state index < -0.39 is 16.0 Å². The summed E-state index contributed by atoms with van der Waals surface area (Å²) < 4.78 is 31.5. The first-order valence-electron chi connectivity index (χ1n) is 6.00. The van der Waals surface area contributed by atoms with Crippen molar-refractivity contribution >= 4 is 44.9 Å². The van der Waals surface area contributed by atoms with Crippen LogP contribution in [0.4, 0.5) is 5.69 Å². The second kappa shape index (κ2) is 6.56. The van der Waals surface area contributed by atoms with Gasteiger partial charge in [-0.05, 0) is 36.4 Å². The number of carbonyl (C=O) groups is 1. The summed E-state index contributed by atoms with van der Waals surface area (Å²) in [5.74, 6) is -0.560. The molecule has 0 aliphatic carbocycles. The van der Waals surface area contributed by atoms with Gasteiger partial charge in [-0.15, -0.1) is 0 Å². The molecule has 0 aliphatic heterocycles. The summed E-state index contributed by atoms with van der Waals surface area (Å²) in [4.78, 5) is 11.4. The number of halogens is 2. The molecule has 5 nitrogen and oxygen atoms in total. The minimum Gasteiger partial charge on any atom is -0.465 e. The molecule has 2 rings (SSSR count). The number of benzene rings is 2. The average molecular weight is 360 g/mol. The Bertz CT molecular complexity index is 821. The molecular weight excluding hydrogens is 349 g/mol. The van der Waals surface area contributed by atoms with Crippen LogP contribution in [0.1, 0.15) is 10.4 Å². The fourth-order valence-corrected chi connectivity index (χ4v) is 3.12. The van der Waals surface area contributed by atoms with Crippen molar-refractivity contribution in [2.24, 2.45) is 0 Å². The van der Waals surface area contributed by atoms with Crippen molar-refractivity contribution in [3.05, 3.63) is 58.1 Å². The van der Waals surface area contributed by atoms with Crippen LogP contribution in [0.2, 0.25) is 10.0 Å². The number of sulfonamides is 1. The zero-order chi connectivity index (χ0) is 16.3. The molecular formula is C14H11Cl2NO4S. The molecule has 116 valence electrons. The highest BCUT2D eigenvalue weighted by atomic mass is 35.5. The van der Waals surface area contributed by atoms with E-state index in [0.717, 1.165) is 0 Å². The molecule has 2 aromatic carbocycles. The SMILES string of the molecule is COC(=O)c1cccc(NS(=O)(=O)c2ccc(Cl)c(Cl)c2)c1. The molecule has 0 unspecified atom stereocenters. The Morgan fingerprint density at radius 3 is 2.45 bits per heavy atom. The first kappa shape index (κ1) is 16.6. The fourth-order valence-electron chi connectivity index (χ4n) is 1.69. The van der Waals surface area contributed by atoms with Crippen LogP contribution in [-0.2, 0) is 14.8 Å². The van der Waals surface area contributed by atoms with Crippen molar-refractivity contribution in [3.8, 4) is 0 Å². The predicted octanol–water partition coefficient (Wildman–Crippen LogP) is 3.58. The van der Waals surface area contributed by atoms with Crippen molar-refractivity contribution < 1.29 is 17.9 Å². The highest BCUT2D eigenvalue weighted by Gasteiger charge is 2.16. The number of methoxy groups -OCH3 is 1. The molecule has 0 radical (unpaired) electrons. The van der Waals surface area contributed by atoms with Crippen LogP contribution in [0, 0.1) is 0 Å². The molecule has 0 aliphatic rings. The summed E-state index contributed by atoms with van der Waals surface area (Å²) in [6.07, 6.45) is 0. The molecule has 0 bridgehead atoms. The average Bonchev–Trinajstić information content (AvgIpc) is 2.49. The summed E-state index contributed by atoms with van der Waals surface area (Å²) in [6.45, 7) is 0. The lowest BCUT2D eigenvalue weighted by molar-refractivity contribution is 0.0601. The lowest BCUT2D eigenvalue weighted by Crippen LogP contribution is -2.13. The Hall–Kier alpha value is -1.76. The standard InChI is InChI=1S/C14H11Cl2NO4S/c1-21-14(18)9-3-2-4-10(7-9)17-22(19,20)11-5-6-12(15)13(16)8-11/h2-8,17H,1H3. The van der Waals surface area contributed by atoms with Gasteiger partial charge in [0, 0.05) is 5.69 Å². The normalized spacial score (nSPS) is 11.0. The maximum absolute atomic E-state index is 12.3. The predicted molar refractivity (Wildman–Crippen MR) is 85.1 cm³/mol. The van der Waals surface area contributed by atoms with Gasteiger partial charge in [0.15, 0.2) is 0 Å². The van der Waals surface area contributed by atoms with Crippen molar-refractivity contribution in [2.75, 3.05) is 11.8 Å². The van der Waals surface area contributed by atoms with Crippen LogP contribution in [0.5, 0.6) is 0 Å². The maximum Gasteiger partial charge on any atom is 0.337 e. The highest BCUT2D eigenvalue weighted by Crippen LogP contribution is 2.26. The summed E-state index contributed by atoms with van der Waals surface area (Å²) in [7, 11) is -2.60. The second-order valence-corrected chi connectivity index (χ2v) is 6.75. The molecule has 8 heteroatoms. The number of ether oxygens (including phenoxy) is 1. The molecule has 1 N–H and O–H groups in total. The Kier molecular flexibility index (Phi) is 4.95. The van der Waals surface area contributed by atoms with E-state index in [2.05, 4.69) is 9.46 Å². The van der Waals surface area contributed by atoms with Crippen LogP contribution in [-0.4, -0.2) is 21.5 Å². The van der Waals surface area contributed by atoms with Crippen LogP contribution >= 0.6 is 23.2 Å². The van der Waals surface area contributed by atoms with Gasteiger partial charge < -0.3 is 4.74 Å². The number of hydrogen-bond acceptors (Lipinski definition) is 4. The molecule has 22 heavy (non-hydrogen) atoms. The van der Waals surface area contributed by atoms with Gasteiger partial charge in [0.25, 0.3) is 10.0 Å². The van der Waals surface area contributed by atoms with Crippen molar-refractivity contribution in [2.45, 2.75) is 4.90 Å². The van der Waals surface area contributed by atoms with E-state index >= 15 is 0 Å². The zero-order valence-electron chi connectivity index (χ0n) is 11.3. The van der Waals surface area contributed by atoms with Gasteiger partial charge in [0.2, 0.25) is 0 Å². The van der Waals surface area contributed by atoms with E-state index in [1.807, 2.05) is 0 Å². The van der Waals surface area contributed by atoms with Crippen molar-refractivity contribution in [3.63, 3.8) is 0 Å². The van der Waals surface area contributed by atoms with E-state index in [9.17, 15) is 13.2 Å². The van der Waals surface area contributed by atoms with Gasteiger partial charge in [-0.2, -0.15) is 0 Å². The Morgan fingerprint density at radius 1 is 1.09 bits per heavy atom. The zero-order valence-corrected chi connectivity index (χ0v) is 13.7. The molecule has 0 spiro atoms. The summed E-state index contributed by atoms with van der Waals surface area (Å²) in [5, 5.41) is 0.390. The van der Waals surface area contributed by atoms with E-state index in [-0.39, 0.29) is 26.2 Å². The third-order valence-electron chi connectivity index (χ3n) is 2.74. The third-order valence-corrected chi connectivity index (χ3v) is 4.86. The van der Waals surface area contributed by atoms with Crippen molar-refractivity contribution in [1.29, 1.82) is 0 Å². The van der Waals surface area contributed by atoms with E-state index in [0.29, 0.717) is 0 Å². The summed E-state index contributed by atoms with van der Waals surface area (Å²) in [6, 6.07) is 9.92. The topological polar surface area (TPSA) is 72.5 Å². The fraction of sp³-hybridized carbons (Fsp3) is 0.0714. The largest absolute Gasteiger partial charge is 0.465 e. The number of esters is 1. The van der Waals surface area contributed by atoms with E-state index in [1.165, 1.54) is 43.5 Å². The highest BCUT2D eigenvalue weighted by molar-refractivity contribution is 7.92. The molecule has 0 saturated carbocycles. The number of anilines is 1. The van der Waals surface area contributed by atoms with Crippen LogP contribution in [0.3, 0.4) is 0 Å². The van der Waals surface area contributed by atoms with Crippen LogP contribution < -0.4 is 4.72 Å². The monoisotopic (exact) mass is 359 g/mol. The molecule has 0 saturated heterocycles. The van der Waals surface area contributed by atoms with Gasteiger partial charge in [0.05, 0.1) is 27.6 Å². The van der Waals surface area contributed by atoms with Gasteiger partial charge in [-0.25, -0.2) is 13.2 Å².